The molecule has 3 atom stereocenters. The first-order valence-electron chi connectivity index (χ1n) is 4.63. The SMILES string of the molecule is CC(O)C1C(=O)NC1C=CSCCN. The Kier molecular flexibility index (Phi) is 4.44. The molecule has 1 fully saturated rings. The molecule has 1 aliphatic rings. The van der Waals surface area contributed by atoms with E-state index in [9.17, 15) is 9.90 Å². The summed E-state index contributed by atoms with van der Waals surface area (Å²) in [4.78, 5) is 11.0. The highest BCUT2D eigenvalue weighted by Crippen LogP contribution is 2.21. The maximum absolute atomic E-state index is 11.0. The Morgan fingerprint density at radius 3 is 3.00 bits per heavy atom. The average Bonchev–Trinajstić information content (AvgIpc) is 2.08. The van der Waals surface area contributed by atoms with E-state index in [0.29, 0.717) is 6.54 Å². The summed E-state index contributed by atoms with van der Waals surface area (Å²) in [5.74, 6) is 0.513. The number of aliphatic hydroxyl groups is 1. The lowest BCUT2D eigenvalue weighted by atomic mass is 9.86. The third kappa shape index (κ3) is 2.73. The Bertz CT molecular complexity index is 231. The van der Waals surface area contributed by atoms with Gasteiger partial charge in [-0.05, 0) is 12.3 Å². The zero-order chi connectivity index (χ0) is 10.6. The Morgan fingerprint density at radius 2 is 2.50 bits per heavy atom. The Balaban J connectivity index is 2.32. The first kappa shape index (κ1) is 11.6. The lowest BCUT2D eigenvalue weighted by Crippen LogP contribution is -2.60. The number of β-lactam (4-membered cyclic amide) rings is 1. The fourth-order valence-corrected chi connectivity index (χ4v) is 1.93. The minimum Gasteiger partial charge on any atom is -0.392 e. The molecule has 1 amide bonds. The van der Waals surface area contributed by atoms with Crippen LogP contribution in [-0.2, 0) is 4.79 Å². The lowest BCUT2D eigenvalue weighted by molar-refractivity contribution is -0.138. The number of carbonyl (C=O) groups excluding carboxylic acids is 1. The fourth-order valence-electron chi connectivity index (χ4n) is 1.38. The van der Waals surface area contributed by atoms with Crippen LogP contribution in [-0.4, -0.2) is 35.5 Å². The van der Waals surface area contributed by atoms with E-state index in [1.807, 2.05) is 11.5 Å². The van der Waals surface area contributed by atoms with Crippen molar-refractivity contribution in [1.29, 1.82) is 0 Å². The van der Waals surface area contributed by atoms with E-state index in [-0.39, 0.29) is 17.9 Å². The molecule has 0 aromatic rings. The van der Waals surface area contributed by atoms with Gasteiger partial charge < -0.3 is 16.2 Å². The van der Waals surface area contributed by atoms with Crippen LogP contribution in [0.1, 0.15) is 6.92 Å². The van der Waals surface area contributed by atoms with Gasteiger partial charge in [-0.1, -0.05) is 6.08 Å². The van der Waals surface area contributed by atoms with E-state index in [4.69, 9.17) is 5.73 Å². The molecule has 1 aliphatic heterocycles. The standard InChI is InChI=1S/C9H16N2O2S/c1-6(12)8-7(11-9(8)13)2-4-14-5-3-10/h2,4,6-8,12H,3,5,10H2,1H3,(H,11,13). The second kappa shape index (κ2) is 5.38. The second-order valence-corrected chi connectivity index (χ2v) is 4.30. The van der Waals surface area contributed by atoms with E-state index < -0.39 is 6.10 Å². The molecule has 5 heteroatoms. The summed E-state index contributed by atoms with van der Waals surface area (Å²) in [6.45, 7) is 2.28. The van der Waals surface area contributed by atoms with Crippen LogP contribution in [0.15, 0.2) is 11.5 Å². The topological polar surface area (TPSA) is 75.3 Å². The summed E-state index contributed by atoms with van der Waals surface area (Å²) in [5.41, 5.74) is 5.33. The smallest absolute Gasteiger partial charge is 0.228 e. The molecule has 80 valence electrons. The number of aliphatic hydroxyl groups excluding tert-OH is 1. The van der Waals surface area contributed by atoms with Gasteiger partial charge in [0.25, 0.3) is 0 Å². The first-order chi connectivity index (χ1) is 6.66. The van der Waals surface area contributed by atoms with Crippen LogP contribution in [0.4, 0.5) is 0 Å². The van der Waals surface area contributed by atoms with E-state index in [1.165, 1.54) is 0 Å². The van der Waals surface area contributed by atoms with Crippen LogP contribution in [0.5, 0.6) is 0 Å². The van der Waals surface area contributed by atoms with Crippen LogP contribution in [0, 0.1) is 5.92 Å². The predicted molar refractivity (Wildman–Crippen MR) is 57.8 cm³/mol. The summed E-state index contributed by atoms with van der Waals surface area (Å²) < 4.78 is 0. The van der Waals surface area contributed by atoms with Gasteiger partial charge >= 0.3 is 0 Å². The molecule has 0 bridgehead atoms. The molecular weight excluding hydrogens is 200 g/mol. The van der Waals surface area contributed by atoms with Crippen molar-refractivity contribution < 1.29 is 9.90 Å². The zero-order valence-electron chi connectivity index (χ0n) is 8.14. The van der Waals surface area contributed by atoms with Gasteiger partial charge in [0.1, 0.15) is 0 Å². The molecule has 4 nitrogen and oxygen atoms in total. The predicted octanol–water partition coefficient (Wildman–Crippen LogP) is -0.313. The van der Waals surface area contributed by atoms with Crippen molar-refractivity contribution in [3.8, 4) is 0 Å². The minimum atomic E-state index is -0.585. The van der Waals surface area contributed by atoms with Crippen molar-refractivity contribution in [1.82, 2.24) is 5.32 Å². The lowest BCUT2D eigenvalue weighted by Gasteiger charge is -2.36. The van der Waals surface area contributed by atoms with Crippen molar-refractivity contribution in [2.75, 3.05) is 12.3 Å². The largest absolute Gasteiger partial charge is 0.392 e. The van der Waals surface area contributed by atoms with Gasteiger partial charge in [-0.3, -0.25) is 4.79 Å². The molecule has 1 rings (SSSR count). The highest BCUT2D eigenvalue weighted by atomic mass is 32.2. The number of amides is 1. The molecule has 1 saturated heterocycles. The molecule has 0 aromatic heterocycles. The number of hydrogen-bond donors (Lipinski definition) is 3. The third-order valence-corrected chi connectivity index (χ3v) is 2.96. The number of thioether (sulfide) groups is 1. The normalized spacial score (nSPS) is 28.6. The minimum absolute atomic E-state index is 0.0206. The molecule has 1 heterocycles. The summed E-state index contributed by atoms with van der Waals surface area (Å²) in [5, 5.41) is 13.9. The molecule has 0 aliphatic carbocycles. The monoisotopic (exact) mass is 216 g/mol. The highest BCUT2D eigenvalue weighted by molar-refractivity contribution is 8.02. The number of carbonyl (C=O) groups is 1. The van der Waals surface area contributed by atoms with Gasteiger partial charge in [-0.25, -0.2) is 0 Å². The Labute approximate surface area is 87.9 Å². The Morgan fingerprint density at radius 1 is 1.79 bits per heavy atom. The summed E-state index contributed by atoms with van der Waals surface area (Å²) in [6.07, 6.45) is 1.32. The average molecular weight is 216 g/mol. The van der Waals surface area contributed by atoms with Gasteiger partial charge in [-0.2, -0.15) is 0 Å². The van der Waals surface area contributed by atoms with E-state index in [2.05, 4.69) is 5.32 Å². The van der Waals surface area contributed by atoms with Gasteiger partial charge in [0.2, 0.25) is 5.91 Å². The number of nitrogens with one attached hydrogen (secondary N) is 1. The second-order valence-electron chi connectivity index (χ2n) is 3.29. The number of hydrogen-bond acceptors (Lipinski definition) is 4. The summed E-state index contributed by atoms with van der Waals surface area (Å²) in [6, 6.07) is -0.0206. The van der Waals surface area contributed by atoms with Crippen LogP contribution in [0.3, 0.4) is 0 Å². The van der Waals surface area contributed by atoms with Crippen LogP contribution >= 0.6 is 11.8 Å². The van der Waals surface area contributed by atoms with Crippen molar-refractivity contribution in [3.63, 3.8) is 0 Å². The molecule has 4 N–H and O–H groups in total. The maximum Gasteiger partial charge on any atom is 0.228 e. The highest BCUT2D eigenvalue weighted by Gasteiger charge is 2.40. The van der Waals surface area contributed by atoms with Gasteiger partial charge in [0, 0.05) is 12.3 Å². The van der Waals surface area contributed by atoms with Crippen molar-refractivity contribution in [2.45, 2.75) is 19.1 Å². The van der Waals surface area contributed by atoms with E-state index in [1.54, 1.807) is 18.7 Å². The van der Waals surface area contributed by atoms with Crippen LogP contribution in [0.25, 0.3) is 0 Å². The fraction of sp³-hybridized carbons (Fsp3) is 0.667. The summed E-state index contributed by atoms with van der Waals surface area (Å²) in [7, 11) is 0. The maximum atomic E-state index is 11.0. The van der Waals surface area contributed by atoms with Crippen molar-refractivity contribution >= 4 is 17.7 Å². The van der Waals surface area contributed by atoms with Gasteiger partial charge in [0.05, 0.1) is 18.1 Å². The van der Waals surface area contributed by atoms with Crippen molar-refractivity contribution in [3.05, 3.63) is 11.5 Å². The molecule has 14 heavy (non-hydrogen) atoms. The molecule has 0 spiro atoms. The van der Waals surface area contributed by atoms with Crippen LogP contribution < -0.4 is 11.1 Å². The molecule has 3 unspecified atom stereocenters. The quantitative estimate of drug-likeness (QED) is 0.435. The van der Waals surface area contributed by atoms with Gasteiger partial charge in [-0.15, -0.1) is 11.8 Å². The Hall–Kier alpha value is -0.520. The first-order valence-corrected chi connectivity index (χ1v) is 5.68. The molecule has 0 aromatic carbocycles. The molecule has 0 radical (unpaired) electrons. The summed E-state index contributed by atoms with van der Waals surface area (Å²) >= 11 is 1.61. The van der Waals surface area contributed by atoms with E-state index >= 15 is 0 Å². The number of rotatable bonds is 5. The van der Waals surface area contributed by atoms with E-state index in [0.717, 1.165) is 5.75 Å². The number of nitrogens with two attached hydrogens (primary N) is 1. The van der Waals surface area contributed by atoms with Gasteiger partial charge in [0.15, 0.2) is 0 Å². The third-order valence-electron chi connectivity index (χ3n) is 2.14. The molecule has 0 saturated carbocycles. The van der Waals surface area contributed by atoms with Crippen molar-refractivity contribution in [2.24, 2.45) is 11.7 Å². The zero-order valence-corrected chi connectivity index (χ0v) is 8.96. The molecular formula is C9H16N2O2S. The van der Waals surface area contributed by atoms with Crippen LogP contribution in [0.2, 0.25) is 0 Å².